The van der Waals surface area contributed by atoms with Gasteiger partial charge in [-0.1, -0.05) is 12.1 Å². The Morgan fingerprint density at radius 2 is 1.96 bits per heavy atom. The summed E-state index contributed by atoms with van der Waals surface area (Å²) in [5.74, 6) is -0.0438. The van der Waals surface area contributed by atoms with Crippen LogP contribution in [0.4, 0.5) is 5.69 Å². The molecule has 1 N–H and O–H groups in total. The molecule has 1 heterocycles. The molecular formula is C19H31N3O4S. The third kappa shape index (κ3) is 6.79. The molecule has 0 unspecified atom stereocenters. The highest BCUT2D eigenvalue weighted by molar-refractivity contribution is 7.92. The van der Waals surface area contributed by atoms with E-state index in [2.05, 4.69) is 10.2 Å². The van der Waals surface area contributed by atoms with Crippen molar-refractivity contribution in [1.82, 2.24) is 10.2 Å². The van der Waals surface area contributed by atoms with Crippen LogP contribution in [0.1, 0.15) is 24.0 Å². The molecule has 7 nitrogen and oxygen atoms in total. The number of anilines is 1. The van der Waals surface area contributed by atoms with E-state index >= 15 is 0 Å². The smallest absolute Gasteiger partial charge is 0.232 e. The van der Waals surface area contributed by atoms with E-state index in [9.17, 15) is 13.2 Å². The fourth-order valence-electron chi connectivity index (χ4n) is 3.12. The first-order chi connectivity index (χ1) is 12.8. The van der Waals surface area contributed by atoms with E-state index in [0.717, 1.165) is 44.0 Å². The molecule has 0 spiro atoms. The van der Waals surface area contributed by atoms with Crippen molar-refractivity contribution in [1.29, 1.82) is 0 Å². The summed E-state index contributed by atoms with van der Waals surface area (Å²) in [4.78, 5) is 14.3. The first kappa shape index (κ1) is 21.7. The van der Waals surface area contributed by atoms with Gasteiger partial charge in [-0.15, -0.1) is 0 Å². The number of nitrogens with zero attached hydrogens (tertiary/aromatic N) is 2. The van der Waals surface area contributed by atoms with Crippen LogP contribution >= 0.6 is 0 Å². The topological polar surface area (TPSA) is 79.0 Å². The molecule has 1 aromatic carbocycles. The molecule has 0 saturated carbocycles. The normalized spacial score (nSPS) is 15.5. The average Bonchev–Trinajstić information content (AvgIpc) is 2.61. The zero-order valence-electron chi connectivity index (χ0n) is 16.5. The number of hydrogen-bond acceptors (Lipinski definition) is 5. The lowest BCUT2D eigenvalue weighted by molar-refractivity contribution is -0.121. The number of hydrogen-bond donors (Lipinski definition) is 1. The molecule has 2 rings (SSSR count). The van der Waals surface area contributed by atoms with Crippen LogP contribution in [0.15, 0.2) is 18.2 Å². The monoisotopic (exact) mass is 397 g/mol. The zero-order valence-corrected chi connectivity index (χ0v) is 17.3. The summed E-state index contributed by atoms with van der Waals surface area (Å²) in [5.41, 5.74) is 2.67. The van der Waals surface area contributed by atoms with Crippen molar-refractivity contribution in [2.75, 3.05) is 56.5 Å². The molecule has 152 valence electrons. The molecule has 1 aliphatic heterocycles. The van der Waals surface area contributed by atoms with Crippen molar-refractivity contribution < 1.29 is 17.9 Å². The second-order valence-electron chi connectivity index (χ2n) is 6.96. The lowest BCUT2D eigenvalue weighted by Gasteiger charge is -2.26. The Labute approximate surface area is 162 Å². The summed E-state index contributed by atoms with van der Waals surface area (Å²) in [7, 11) is -3.40. The van der Waals surface area contributed by atoms with E-state index in [1.807, 2.05) is 32.0 Å². The Hall–Kier alpha value is -1.64. The molecule has 0 bridgehead atoms. The van der Waals surface area contributed by atoms with Crippen molar-refractivity contribution in [3.63, 3.8) is 0 Å². The molecule has 0 radical (unpaired) electrons. The minimum absolute atomic E-state index is 0.0438. The van der Waals surface area contributed by atoms with E-state index in [0.29, 0.717) is 31.6 Å². The summed E-state index contributed by atoms with van der Waals surface area (Å²) in [5, 5.41) is 2.91. The van der Waals surface area contributed by atoms with Crippen molar-refractivity contribution in [2.24, 2.45) is 0 Å². The van der Waals surface area contributed by atoms with Gasteiger partial charge in [-0.05, 0) is 37.5 Å². The fraction of sp³-hybridized carbons (Fsp3) is 0.632. The highest BCUT2D eigenvalue weighted by Crippen LogP contribution is 2.25. The number of rotatable bonds is 9. The average molecular weight is 398 g/mol. The largest absolute Gasteiger partial charge is 0.379 e. The highest BCUT2D eigenvalue weighted by atomic mass is 32.2. The predicted molar refractivity (Wildman–Crippen MR) is 108 cm³/mol. The lowest BCUT2D eigenvalue weighted by Crippen LogP contribution is -2.41. The summed E-state index contributed by atoms with van der Waals surface area (Å²) in [6.45, 7) is 8.87. The molecule has 1 fully saturated rings. The van der Waals surface area contributed by atoms with Crippen LogP contribution in [0.25, 0.3) is 0 Å². The predicted octanol–water partition coefficient (Wildman–Crippen LogP) is 1.30. The quantitative estimate of drug-likeness (QED) is 0.679. The number of carbonyl (C=O) groups is 1. The Morgan fingerprint density at radius 3 is 2.63 bits per heavy atom. The lowest BCUT2D eigenvalue weighted by atomic mass is 10.1. The molecule has 1 aromatic rings. The minimum Gasteiger partial charge on any atom is -0.379 e. The SMILES string of the molecule is Cc1cccc(N(CCCC(=O)NCCN2CCOCC2)S(C)(=O)=O)c1C. The van der Waals surface area contributed by atoms with Crippen molar-refractivity contribution in [3.8, 4) is 0 Å². The number of amides is 1. The number of ether oxygens (including phenoxy) is 1. The van der Waals surface area contributed by atoms with Crippen LogP contribution in [0.2, 0.25) is 0 Å². The van der Waals surface area contributed by atoms with Crippen LogP contribution in [-0.2, 0) is 19.6 Å². The molecule has 0 aromatic heterocycles. The third-order valence-electron chi connectivity index (χ3n) is 4.86. The van der Waals surface area contributed by atoms with Crippen molar-refractivity contribution in [3.05, 3.63) is 29.3 Å². The van der Waals surface area contributed by atoms with Crippen LogP contribution in [0.5, 0.6) is 0 Å². The molecule has 0 atom stereocenters. The first-order valence-corrected chi connectivity index (χ1v) is 11.2. The van der Waals surface area contributed by atoms with Gasteiger partial charge in [-0.25, -0.2) is 8.42 Å². The maximum atomic E-state index is 12.2. The summed E-state index contributed by atoms with van der Waals surface area (Å²) < 4.78 is 31.2. The number of nitrogens with one attached hydrogen (secondary N) is 1. The molecule has 1 aliphatic rings. The second kappa shape index (κ2) is 10.1. The van der Waals surface area contributed by atoms with Crippen LogP contribution < -0.4 is 9.62 Å². The number of morpholine rings is 1. The molecular weight excluding hydrogens is 366 g/mol. The van der Waals surface area contributed by atoms with Crippen molar-refractivity contribution >= 4 is 21.6 Å². The van der Waals surface area contributed by atoms with E-state index in [4.69, 9.17) is 4.74 Å². The van der Waals surface area contributed by atoms with Gasteiger partial charge in [-0.2, -0.15) is 0 Å². The van der Waals surface area contributed by atoms with Crippen molar-refractivity contribution in [2.45, 2.75) is 26.7 Å². The molecule has 0 aliphatic carbocycles. The van der Waals surface area contributed by atoms with Gasteiger partial charge in [0.15, 0.2) is 0 Å². The van der Waals surface area contributed by atoms with Gasteiger partial charge in [0.2, 0.25) is 15.9 Å². The molecule has 1 amide bonds. The summed E-state index contributed by atoms with van der Waals surface area (Å²) in [6, 6.07) is 5.63. The van der Waals surface area contributed by atoms with Gasteiger partial charge >= 0.3 is 0 Å². The Bertz CT molecular complexity index is 730. The van der Waals surface area contributed by atoms with Gasteiger partial charge in [0.1, 0.15) is 0 Å². The number of benzene rings is 1. The van der Waals surface area contributed by atoms with Gasteiger partial charge in [0.05, 0.1) is 25.2 Å². The van der Waals surface area contributed by atoms with E-state index in [-0.39, 0.29) is 5.91 Å². The second-order valence-corrected chi connectivity index (χ2v) is 8.87. The van der Waals surface area contributed by atoms with Gasteiger partial charge < -0.3 is 10.1 Å². The van der Waals surface area contributed by atoms with Gasteiger partial charge in [-0.3, -0.25) is 14.0 Å². The standard InChI is InChI=1S/C19H31N3O4S/c1-16-6-4-7-18(17(16)2)22(27(3,24)25)10-5-8-19(23)20-9-11-21-12-14-26-15-13-21/h4,6-7H,5,8-15H2,1-3H3,(H,20,23). The van der Waals surface area contributed by atoms with Gasteiger partial charge in [0.25, 0.3) is 0 Å². The number of carbonyl (C=O) groups excluding carboxylic acids is 1. The van der Waals surface area contributed by atoms with Crippen LogP contribution in [0, 0.1) is 13.8 Å². The molecule has 27 heavy (non-hydrogen) atoms. The van der Waals surface area contributed by atoms with E-state index < -0.39 is 10.0 Å². The van der Waals surface area contributed by atoms with Crippen LogP contribution in [-0.4, -0.2) is 71.4 Å². The number of sulfonamides is 1. The Kier molecular flexibility index (Phi) is 8.07. The Morgan fingerprint density at radius 1 is 1.26 bits per heavy atom. The Balaban J connectivity index is 1.81. The third-order valence-corrected chi connectivity index (χ3v) is 6.04. The first-order valence-electron chi connectivity index (χ1n) is 9.40. The van der Waals surface area contributed by atoms with Gasteiger partial charge in [0, 0.05) is 39.1 Å². The maximum absolute atomic E-state index is 12.2. The highest BCUT2D eigenvalue weighted by Gasteiger charge is 2.20. The fourth-order valence-corrected chi connectivity index (χ4v) is 4.14. The number of aryl methyl sites for hydroxylation is 1. The molecule has 8 heteroatoms. The zero-order chi connectivity index (χ0) is 19.9. The minimum atomic E-state index is -3.40. The van der Waals surface area contributed by atoms with Crippen LogP contribution in [0.3, 0.4) is 0 Å². The molecule has 1 saturated heterocycles. The summed E-state index contributed by atoms with van der Waals surface area (Å²) >= 11 is 0. The maximum Gasteiger partial charge on any atom is 0.232 e. The van der Waals surface area contributed by atoms with E-state index in [1.165, 1.54) is 10.6 Å². The van der Waals surface area contributed by atoms with E-state index in [1.54, 1.807) is 0 Å². The summed E-state index contributed by atoms with van der Waals surface area (Å²) in [6.07, 6.45) is 1.99.